The van der Waals surface area contributed by atoms with Crippen molar-refractivity contribution in [2.24, 2.45) is 7.05 Å². The van der Waals surface area contributed by atoms with Gasteiger partial charge in [-0.15, -0.1) is 0 Å². The molecule has 2 N–H and O–H groups in total. The van der Waals surface area contributed by atoms with Crippen LogP contribution in [0.1, 0.15) is 26.5 Å². The Labute approximate surface area is 179 Å². The highest BCUT2D eigenvalue weighted by Crippen LogP contribution is 2.16. The molecule has 0 fully saturated rings. The van der Waals surface area contributed by atoms with E-state index >= 15 is 0 Å². The van der Waals surface area contributed by atoms with Crippen molar-refractivity contribution in [2.45, 2.75) is 6.61 Å². The van der Waals surface area contributed by atoms with Crippen LogP contribution in [0.15, 0.2) is 60.9 Å². The first-order chi connectivity index (χ1) is 15.0. The molecular formula is C22H22N4O5. The average molecular weight is 422 g/mol. The van der Waals surface area contributed by atoms with Crippen molar-refractivity contribution in [1.29, 1.82) is 0 Å². The Hall–Kier alpha value is -4.14. The summed E-state index contributed by atoms with van der Waals surface area (Å²) in [7, 11) is 3.13. The zero-order valence-corrected chi connectivity index (χ0v) is 17.1. The van der Waals surface area contributed by atoms with Crippen molar-refractivity contribution in [2.75, 3.05) is 19.0 Å². The molecule has 0 bridgehead atoms. The number of nitrogens with one attached hydrogen (secondary N) is 2. The predicted molar refractivity (Wildman–Crippen MR) is 113 cm³/mol. The SMILES string of the molecule is COC(=O)CNC(=O)c1cccc(NC(=O)c2ccc(OCc3nccn3C)cc2)c1. The lowest BCUT2D eigenvalue weighted by Crippen LogP contribution is -2.30. The second-order valence-corrected chi connectivity index (χ2v) is 6.56. The summed E-state index contributed by atoms with van der Waals surface area (Å²) in [5, 5.41) is 5.19. The van der Waals surface area contributed by atoms with E-state index in [1.165, 1.54) is 13.2 Å². The highest BCUT2D eigenvalue weighted by molar-refractivity contribution is 6.05. The number of hydrogen-bond acceptors (Lipinski definition) is 6. The Morgan fingerprint density at radius 2 is 1.81 bits per heavy atom. The standard InChI is InChI=1S/C22H22N4O5/c1-26-11-10-23-19(26)14-31-18-8-6-15(7-9-18)22(29)25-17-5-3-4-16(12-17)21(28)24-13-20(27)30-2/h3-12H,13-14H2,1-2H3,(H,24,28)(H,25,29). The maximum absolute atomic E-state index is 12.5. The topological polar surface area (TPSA) is 112 Å². The van der Waals surface area contributed by atoms with Crippen LogP contribution in [0.5, 0.6) is 5.75 Å². The Balaban J connectivity index is 1.57. The number of aryl methyl sites for hydroxylation is 1. The molecule has 0 saturated heterocycles. The summed E-state index contributed by atoms with van der Waals surface area (Å²) in [6.45, 7) is 0.0837. The summed E-state index contributed by atoms with van der Waals surface area (Å²) in [5.74, 6) is 0.0739. The lowest BCUT2D eigenvalue weighted by Gasteiger charge is -2.09. The molecule has 0 atom stereocenters. The molecule has 0 unspecified atom stereocenters. The van der Waals surface area contributed by atoms with Crippen molar-refractivity contribution >= 4 is 23.5 Å². The Morgan fingerprint density at radius 1 is 1.03 bits per heavy atom. The maximum Gasteiger partial charge on any atom is 0.325 e. The number of aromatic nitrogens is 2. The van der Waals surface area contributed by atoms with Crippen LogP contribution in [0.3, 0.4) is 0 Å². The summed E-state index contributed by atoms with van der Waals surface area (Å²) in [6.07, 6.45) is 3.54. The summed E-state index contributed by atoms with van der Waals surface area (Å²) >= 11 is 0. The van der Waals surface area contributed by atoms with Gasteiger partial charge in [0.05, 0.1) is 7.11 Å². The van der Waals surface area contributed by atoms with E-state index < -0.39 is 11.9 Å². The van der Waals surface area contributed by atoms with E-state index in [-0.39, 0.29) is 12.5 Å². The van der Waals surface area contributed by atoms with Crippen LogP contribution >= 0.6 is 0 Å². The number of hydrogen-bond donors (Lipinski definition) is 2. The largest absolute Gasteiger partial charge is 0.486 e. The molecule has 3 rings (SSSR count). The second kappa shape index (κ2) is 10.1. The van der Waals surface area contributed by atoms with Gasteiger partial charge >= 0.3 is 5.97 Å². The molecule has 1 aromatic heterocycles. The number of amides is 2. The molecule has 1 heterocycles. The van der Waals surface area contributed by atoms with Gasteiger partial charge in [0.15, 0.2) is 0 Å². The van der Waals surface area contributed by atoms with Gasteiger partial charge in [-0.1, -0.05) is 6.07 Å². The van der Waals surface area contributed by atoms with E-state index in [4.69, 9.17) is 4.74 Å². The number of methoxy groups -OCH3 is 1. The lowest BCUT2D eigenvalue weighted by atomic mass is 10.1. The molecule has 3 aromatic rings. The lowest BCUT2D eigenvalue weighted by molar-refractivity contribution is -0.139. The van der Waals surface area contributed by atoms with Crippen LogP contribution < -0.4 is 15.4 Å². The molecule has 31 heavy (non-hydrogen) atoms. The molecule has 0 saturated carbocycles. The van der Waals surface area contributed by atoms with Gasteiger partial charge in [-0.05, 0) is 42.5 Å². The normalized spacial score (nSPS) is 10.3. The number of carbonyl (C=O) groups is 3. The van der Waals surface area contributed by atoms with Crippen molar-refractivity contribution in [3.05, 3.63) is 77.9 Å². The van der Waals surface area contributed by atoms with Gasteiger partial charge in [-0.2, -0.15) is 0 Å². The van der Waals surface area contributed by atoms with Gasteiger partial charge < -0.3 is 24.7 Å². The van der Waals surface area contributed by atoms with Crippen LogP contribution in [0.25, 0.3) is 0 Å². The van der Waals surface area contributed by atoms with Crippen molar-refractivity contribution < 1.29 is 23.9 Å². The third-order valence-corrected chi connectivity index (χ3v) is 4.41. The highest BCUT2D eigenvalue weighted by atomic mass is 16.5. The third-order valence-electron chi connectivity index (χ3n) is 4.41. The Kier molecular flexibility index (Phi) is 7.00. The molecule has 0 aliphatic heterocycles. The van der Waals surface area contributed by atoms with E-state index in [1.807, 2.05) is 17.8 Å². The van der Waals surface area contributed by atoms with E-state index in [9.17, 15) is 14.4 Å². The van der Waals surface area contributed by atoms with Crippen LogP contribution in [-0.2, 0) is 23.2 Å². The number of ether oxygens (including phenoxy) is 2. The Morgan fingerprint density at radius 3 is 2.48 bits per heavy atom. The fourth-order valence-corrected chi connectivity index (χ4v) is 2.65. The first-order valence-corrected chi connectivity index (χ1v) is 9.42. The molecule has 160 valence electrons. The first-order valence-electron chi connectivity index (χ1n) is 9.42. The molecule has 0 aliphatic rings. The van der Waals surface area contributed by atoms with Crippen LogP contribution in [0, 0.1) is 0 Å². The van der Waals surface area contributed by atoms with Crippen molar-refractivity contribution in [1.82, 2.24) is 14.9 Å². The average Bonchev–Trinajstić information content (AvgIpc) is 3.20. The number of benzene rings is 2. The molecule has 0 spiro atoms. The van der Waals surface area contributed by atoms with Crippen LogP contribution in [-0.4, -0.2) is 41.0 Å². The first kappa shape index (κ1) is 21.6. The zero-order valence-electron chi connectivity index (χ0n) is 17.1. The fourth-order valence-electron chi connectivity index (χ4n) is 2.65. The van der Waals surface area contributed by atoms with Gasteiger partial charge in [-0.25, -0.2) is 4.98 Å². The van der Waals surface area contributed by atoms with Crippen LogP contribution in [0.2, 0.25) is 0 Å². The molecule has 2 amide bonds. The highest BCUT2D eigenvalue weighted by Gasteiger charge is 2.11. The quantitative estimate of drug-likeness (QED) is 0.538. The van der Waals surface area contributed by atoms with Gasteiger partial charge in [-0.3, -0.25) is 14.4 Å². The number of imidazole rings is 1. The third kappa shape index (κ3) is 5.92. The minimum Gasteiger partial charge on any atom is -0.486 e. The Bertz CT molecular complexity index is 1080. The van der Waals surface area contributed by atoms with E-state index in [0.717, 1.165) is 5.82 Å². The van der Waals surface area contributed by atoms with Gasteiger partial charge in [0.2, 0.25) is 0 Å². The molecule has 2 aromatic carbocycles. The number of esters is 1. The van der Waals surface area contributed by atoms with Gasteiger partial charge in [0.1, 0.15) is 24.7 Å². The van der Waals surface area contributed by atoms with Crippen molar-refractivity contribution in [3.8, 4) is 5.75 Å². The summed E-state index contributed by atoms with van der Waals surface area (Å²) in [6, 6.07) is 13.1. The minimum absolute atomic E-state index is 0.236. The molecule has 0 aliphatic carbocycles. The second-order valence-electron chi connectivity index (χ2n) is 6.56. The number of carbonyl (C=O) groups excluding carboxylic acids is 3. The predicted octanol–water partition coefficient (Wildman–Crippen LogP) is 2.15. The summed E-state index contributed by atoms with van der Waals surface area (Å²) in [4.78, 5) is 40.0. The summed E-state index contributed by atoms with van der Waals surface area (Å²) < 4.78 is 12.0. The monoisotopic (exact) mass is 422 g/mol. The molecule has 9 heteroatoms. The van der Waals surface area contributed by atoms with Gasteiger partial charge in [0, 0.05) is 36.3 Å². The molecule has 0 radical (unpaired) electrons. The number of nitrogens with zero attached hydrogens (tertiary/aromatic N) is 2. The fraction of sp³-hybridized carbons (Fsp3) is 0.182. The molecule has 9 nitrogen and oxygen atoms in total. The van der Waals surface area contributed by atoms with E-state index in [0.29, 0.717) is 29.2 Å². The summed E-state index contributed by atoms with van der Waals surface area (Å²) in [5.41, 5.74) is 1.19. The zero-order chi connectivity index (χ0) is 22.2. The van der Waals surface area contributed by atoms with Crippen LogP contribution in [0.4, 0.5) is 5.69 Å². The smallest absolute Gasteiger partial charge is 0.325 e. The van der Waals surface area contributed by atoms with Crippen molar-refractivity contribution in [3.63, 3.8) is 0 Å². The number of anilines is 1. The van der Waals surface area contributed by atoms with E-state index in [2.05, 4.69) is 20.4 Å². The molecular weight excluding hydrogens is 400 g/mol. The van der Waals surface area contributed by atoms with Gasteiger partial charge in [0.25, 0.3) is 11.8 Å². The minimum atomic E-state index is -0.551. The van der Waals surface area contributed by atoms with E-state index in [1.54, 1.807) is 48.7 Å². The number of rotatable bonds is 8. The maximum atomic E-state index is 12.5.